The highest BCUT2D eigenvalue weighted by molar-refractivity contribution is 5.84. The topological polar surface area (TPSA) is 120 Å². The maximum Gasteiger partial charge on any atom is 0.223 e. The van der Waals surface area contributed by atoms with Gasteiger partial charge in [0.15, 0.2) is 11.5 Å². The average Bonchev–Trinajstić information content (AvgIpc) is 2.90. The highest BCUT2D eigenvalue weighted by atomic mass is 16.5. The second-order valence-corrected chi connectivity index (χ2v) is 12.4. The summed E-state index contributed by atoms with van der Waals surface area (Å²) in [7, 11) is 5.18. The second-order valence-electron chi connectivity index (χ2n) is 12.4. The van der Waals surface area contributed by atoms with Gasteiger partial charge in [0.1, 0.15) is 5.78 Å². The highest BCUT2D eigenvalue weighted by Gasteiger charge is 2.32. The summed E-state index contributed by atoms with van der Waals surface area (Å²) in [4.78, 5) is 24.9. The van der Waals surface area contributed by atoms with Gasteiger partial charge in [-0.25, -0.2) is 0 Å². The molecule has 8 heteroatoms. The van der Waals surface area contributed by atoms with E-state index in [-0.39, 0.29) is 30.1 Å². The number of hydrogen-bond acceptors (Lipinski definition) is 7. The van der Waals surface area contributed by atoms with Crippen LogP contribution in [0.2, 0.25) is 0 Å². The van der Waals surface area contributed by atoms with E-state index in [2.05, 4.69) is 25.2 Å². The Balaban J connectivity index is 2.95. The van der Waals surface area contributed by atoms with Gasteiger partial charge in [-0.2, -0.15) is 0 Å². The van der Waals surface area contributed by atoms with Crippen molar-refractivity contribution in [3.63, 3.8) is 0 Å². The van der Waals surface area contributed by atoms with E-state index < -0.39 is 17.4 Å². The first-order valence-electron chi connectivity index (χ1n) is 14.7. The van der Waals surface area contributed by atoms with Crippen LogP contribution in [-0.4, -0.2) is 63.4 Å². The molecule has 4 N–H and O–H groups in total. The smallest absolute Gasteiger partial charge is 0.223 e. The highest BCUT2D eigenvalue weighted by Crippen LogP contribution is 2.32. The van der Waals surface area contributed by atoms with E-state index in [0.29, 0.717) is 43.6 Å². The fourth-order valence-electron chi connectivity index (χ4n) is 4.98. The van der Waals surface area contributed by atoms with Gasteiger partial charge in [-0.3, -0.25) is 9.59 Å². The molecule has 0 aliphatic carbocycles. The van der Waals surface area contributed by atoms with Gasteiger partial charge >= 0.3 is 0 Å². The lowest BCUT2D eigenvalue weighted by molar-refractivity contribution is -0.129. The number of nitrogens with one attached hydrogen (secondary N) is 1. The molecule has 230 valence electrons. The van der Waals surface area contributed by atoms with Crippen LogP contribution >= 0.6 is 0 Å². The van der Waals surface area contributed by atoms with E-state index in [0.717, 1.165) is 30.6 Å². The molecule has 1 rings (SSSR count). The molecule has 0 saturated heterocycles. The lowest BCUT2D eigenvalue weighted by Crippen LogP contribution is -2.42. The first-order valence-corrected chi connectivity index (χ1v) is 14.7. The number of aliphatic hydroxyl groups is 1. The number of methoxy groups -OCH3 is 2. The molecule has 0 saturated carbocycles. The zero-order valence-corrected chi connectivity index (χ0v) is 26.4. The number of ketones is 1. The number of carbonyl (C=O) groups excluding carboxylic acids is 2. The van der Waals surface area contributed by atoms with Gasteiger partial charge in [0.25, 0.3) is 0 Å². The minimum Gasteiger partial charge on any atom is -0.493 e. The van der Waals surface area contributed by atoms with Crippen molar-refractivity contribution in [1.82, 2.24) is 5.32 Å². The number of aliphatic hydroxyl groups excluding tert-OH is 1. The van der Waals surface area contributed by atoms with Crippen molar-refractivity contribution in [1.29, 1.82) is 0 Å². The van der Waals surface area contributed by atoms with E-state index in [4.69, 9.17) is 19.9 Å². The molecule has 1 amide bonds. The molecule has 0 aromatic heterocycles. The average molecular weight is 565 g/mol. The summed E-state index contributed by atoms with van der Waals surface area (Å²) in [5.41, 5.74) is 5.91. The predicted molar refractivity (Wildman–Crippen MR) is 161 cm³/mol. The Morgan fingerprint density at radius 3 is 2.23 bits per heavy atom. The molecule has 0 spiro atoms. The van der Waals surface area contributed by atoms with Crippen molar-refractivity contribution in [2.75, 3.05) is 34.5 Å². The van der Waals surface area contributed by atoms with Crippen LogP contribution in [0.3, 0.4) is 0 Å². The van der Waals surface area contributed by atoms with Gasteiger partial charge in [0.2, 0.25) is 5.91 Å². The van der Waals surface area contributed by atoms with Gasteiger partial charge in [0, 0.05) is 43.9 Å². The molecular weight excluding hydrogens is 508 g/mol. The minimum atomic E-state index is -0.732. The quantitative estimate of drug-likeness (QED) is 0.184. The Bertz CT molecular complexity index is 901. The maximum atomic E-state index is 13.2. The molecule has 0 heterocycles. The Morgan fingerprint density at radius 1 is 1.02 bits per heavy atom. The van der Waals surface area contributed by atoms with Gasteiger partial charge in [-0.05, 0) is 68.2 Å². The van der Waals surface area contributed by atoms with Crippen molar-refractivity contribution in [3.8, 4) is 11.5 Å². The third-order valence-corrected chi connectivity index (χ3v) is 8.19. The summed E-state index contributed by atoms with van der Waals surface area (Å²) in [5, 5.41) is 14.6. The van der Waals surface area contributed by atoms with Crippen LogP contribution in [0.1, 0.15) is 79.2 Å². The van der Waals surface area contributed by atoms with Crippen LogP contribution in [0.4, 0.5) is 0 Å². The molecule has 0 unspecified atom stereocenters. The number of Topliss-reactive ketones (excluding diaryl/α,β-unsaturated/α-hetero) is 1. The number of likely N-dealkylation sites (N-methyl/N-ethyl adjacent to an activating group) is 1. The number of hydrogen-bond donors (Lipinski definition) is 3. The number of amides is 1. The van der Waals surface area contributed by atoms with Crippen LogP contribution in [0.25, 0.3) is 0 Å². The lowest BCUT2D eigenvalue weighted by atomic mass is 9.78. The second kappa shape index (κ2) is 17.6. The molecule has 0 bridgehead atoms. The summed E-state index contributed by atoms with van der Waals surface area (Å²) in [6, 6.07) is 5.90. The number of carbonyl (C=O) groups is 2. The number of ether oxygens (including phenoxy) is 3. The first kappa shape index (κ1) is 35.9. The van der Waals surface area contributed by atoms with Crippen molar-refractivity contribution in [2.45, 2.75) is 92.2 Å². The standard InChI is InChI=1S/C32H56N2O6/c1-21(2)24(17-23-11-12-29(39-9)30(18-23)40-16-10-15-38-8)19-26(34-7)28(36)20-25(22(3)4)27(35)13-14-32(5,6)31(33)37/h11-12,18,21-22,24-26,28,34,36H,10,13-17,19-20H2,1-9H3,(H2,33,37)/t24-,25-,26-,28-/m0/s1. The van der Waals surface area contributed by atoms with Crippen molar-refractivity contribution >= 4 is 11.7 Å². The molecule has 0 aliphatic heterocycles. The maximum absolute atomic E-state index is 13.2. The molecule has 8 nitrogen and oxygen atoms in total. The predicted octanol–water partition coefficient (Wildman–Crippen LogP) is 4.79. The third-order valence-electron chi connectivity index (χ3n) is 8.19. The van der Waals surface area contributed by atoms with Crippen LogP contribution in [0.15, 0.2) is 18.2 Å². The normalized spacial score (nSPS) is 15.1. The fraction of sp³-hybridized carbons (Fsp3) is 0.750. The molecular formula is C32H56N2O6. The Hall–Kier alpha value is -2.16. The molecule has 1 aromatic carbocycles. The van der Waals surface area contributed by atoms with E-state index in [1.54, 1.807) is 28.1 Å². The molecule has 4 atom stereocenters. The van der Waals surface area contributed by atoms with Crippen molar-refractivity contribution < 1.29 is 28.9 Å². The zero-order chi connectivity index (χ0) is 30.5. The lowest BCUT2D eigenvalue weighted by Gasteiger charge is -2.32. The number of nitrogens with two attached hydrogens (primary N) is 1. The SMILES string of the molecule is CN[C@@H](C[C@H](Cc1ccc(OC)c(OCCCOC)c1)C(C)C)[C@@H](O)C[C@H](C(=O)CCC(C)(C)C(N)=O)C(C)C. The summed E-state index contributed by atoms with van der Waals surface area (Å²) < 4.78 is 16.6. The Morgan fingerprint density at radius 2 is 1.70 bits per heavy atom. The largest absolute Gasteiger partial charge is 0.493 e. The van der Waals surface area contributed by atoms with Crippen LogP contribution in [-0.2, 0) is 20.7 Å². The Kier molecular flexibility index (Phi) is 15.8. The molecule has 0 aliphatic rings. The van der Waals surface area contributed by atoms with Crippen molar-refractivity contribution in [2.24, 2.45) is 34.8 Å². The third kappa shape index (κ3) is 11.8. The van der Waals surface area contributed by atoms with Gasteiger partial charge in [0.05, 0.1) is 19.8 Å². The van der Waals surface area contributed by atoms with Gasteiger partial charge in [-0.1, -0.05) is 47.6 Å². The monoisotopic (exact) mass is 564 g/mol. The van der Waals surface area contributed by atoms with Crippen LogP contribution < -0.4 is 20.5 Å². The molecule has 0 radical (unpaired) electrons. The summed E-state index contributed by atoms with van der Waals surface area (Å²) in [6.45, 7) is 13.2. The summed E-state index contributed by atoms with van der Waals surface area (Å²) >= 11 is 0. The van der Waals surface area contributed by atoms with Crippen LogP contribution in [0, 0.1) is 29.1 Å². The summed E-state index contributed by atoms with van der Waals surface area (Å²) in [6.07, 6.45) is 2.77. The van der Waals surface area contributed by atoms with E-state index in [1.807, 2.05) is 33.0 Å². The number of benzene rings is 1. The Labute approximate surface area is 242 Å². The first-order chi connectivity index (χ1) is 18.8. The summed E-state index contributed by atoms with van der Waals surface area (Å²) in [5.74, 6) is 1.58. The van der Waals surface area contributed by atoms with Crippen molar-refractivity contribution in [3.05, 3.63) is 23.8 Å². The van der Waals surface area contributed by atoms with E-state index >= 15 is 0 Å². The van der Waals surface area contributed by atoms with Gasteiger partial charge in [-0.15, -0.1) is 0 Å². The number of primary amides is 1. The van der Waals surface area contributed by atoms with Gasteiger partial charge < -0.3 is 30.4 Å². The molecule has 1 aromatic rings. The molecule has 0 fully saturated rings. The molecule has 40 heavy (non-hydrogen) atoms. The number of rotatable bonds is 21. The van der Waals surface area contributed by atoms with Crippen LogP contribution in [0.5, 0.6) is 11.5 Å². The minimum absolute atomic E-state index is 0.0786. The van der Waals surface area contributed by atoms with E-state index in [9.17, 15) is 14.7 Å². The van der Waals surface area contributed by atoms with E-state index in [1.165, 1.54) is 0 Å². The fourth-order valence-corrected chi connectivity index (χ4v) is 4.98. The zero-order valence-electron chi connectivity index (χ0n) is 26.4.